The zero-order chi connectivity index (χ0) is 18.5. The maximum atomic E-state index is 13.1. The highest BCUT2D eigenvalue weighted by Crippen LogP contribution is 2.30. The fourth-order valence-corrected chi connectivity index (χ4v) is 3.42. The Hall–Kier alpha value is -1.79. The van der Waals surface area contributed by atoms with E-state index in [0.717, 1.165) is 5.56 Å². The van der Waals surface area contributed by atoms with Gasteiger partial charge in [0.15, 0.2) is 0 Å². The highest BCUT2D eigenvalue weighted by atomic mass is 35.5. The predicted octanol–water partition coefficient (Wildman–Crippen LogP) is 3.35. The largest absolute Gasteiger partial charge is 0.490 e. The number of hydrogen-bond donors (Lipinski definition) is 1. The van der Waals surface area contributed by atoms with E-state index in [9.17, 15) is 4.79 Å². The van der Waals surface area contributed by atoms with Gasteiger partial charge in [0, 0.05) is 37.2 Å². The Kier molecular flexibility index (Phi) is 7.92. The van der Waals surface area contributed by atoms with Crippen LogP contribution < -0.4 is 10.5 Å². The van der Waals surface area contributed by atoms with Crippen LogP contribution in [-0.4, -0.2) is 50.3 Å². The van der Waals surface area contributed by atoms with Gasteiger partial charge in [0.25, 0.3) is 5.91 Å². The van der Waals surface area contributed by atoms with Crippen molar-refractivity contribution in [2.75, 3.05) is 33.4 Å². The van der Waals surface area contributed by atoms with Crippen LogP contribution in [0.25, 0.3) is 0 Å². The molecule has 0 bridgehead atoms. The lowest BCUT2D eigenvalue weighted by Crippen LogP contribution is -2.32. The van der Waals surface area contributed by atoms with Gasteiger partial charge in [0.1, 0.15) is 12.4 Å². The smallest absolute Gasteiger partial charge is 0.257 e. The zero-order valence-electron chi connectivity index (χ0n) is 15.1. The first-order valence-corrected chi connectivity index (χ1v) is 8.99. The summed E-state index contributed by atoms with van der Waals surface area (Å²) in [5.74, 6) is 0.513. The molecule has 0 radical (unpaired) electrons. The van der Waals surface area contributed by atoms with Gasteiger partial charge in [-0.3, -0.25) is 4.79 Å². The van der Waals surface area contributed by atoms with Gasteiger partial charge >= 0.3 is 0 Å². The molecule has 2 N–H and O–H groups in total. The van der Waals surface area contributed by atoms with Crippen LogP contribution in [0.3, 0.4) is 0 Å². The molecule has 1 aliphatic heterocycles. The second-order valence-electron chi connectivity index (χ2n) is 6.37. The molecule has 27 heavy (non-hydrogen) atoms. The standard InChI is InChI=1S/C20H23ClN2O3.ClH/c1-25-9-10-26-19-8-7-15(21)11-16(19)20(24)23-12-17(18(22)13-23)14-5-3-2-4-6-14;/h2-8,11,17-18H,9-10,12-13,22H2,1H3;1H/t17-,18+;/m0./s1. The second kappa shape index (κ2) is 9.95. The van der Waals surface area contributed by atoms with Crippen molar-refractivity contribution < 1.29 is 14.3 Å². The number of amides is 1. The number of halogens is 2. The van der Waals surface area contributed by atoms with E-state index in [1.807, 2.05) is 18.2 Å². The van der Waals surface area contributed by atoms with Gasteiger partial charge in [-0.05, 0) is 23.8 Å². The summed E-state index contributed by atoms with van der Waals surface area (Å²) in [7, 11) is 1.60. The van der Waals surface area contributed by atoms with E-state index < -0.39 is 0 Å². The molecule has 5 nitrogen and oxygen atoms in total. The lowest BCUT2D eigenvalue weighted by atomic mass is 9.95. The summed E-state index contributed by atoms with van der Waals surface area (Å²) in [5.41, 5.74) is 7.92. The predicted molar refractivity (Wildman–Crippen MR) is 109 cm³/mol. The number of methoxy groups -OCH3 is 1. The van der Waals surface area contributed by atoms with Gasteiger partial charge in [-0.25, -0.2) is 0 Å². The zero-order valence-corrected chi connectivity index (χ0v) is 16.7. The van der Waals surface area contributed by atoms with Gasteiger partial charge in [0.2, 0.25) is 0 Å². The van der Waals surface area contributed by atoms with Crippen molar-refractivity contribution in [3.63, 3.8) is 0 Å². The minimum Gasteiger partial charge on any atom is -0.490 e. The number of nitrogens with two attached hydrogens (primary N) is 1. The molecule has 0 aliphatic carbocycles. The van der Waals surface area contributed by atoms with Crippen molar-refractivity contribution in [3.8, 4) is 5.75 Å². The molecule has 1 saturated heterocycles. The van der Waals surface area contributed by atoms with Gasteiger partial charge in [-0.15, -0.1) is 12.4 Å². The quantitative estimate of drug-likeness (QED) is 0.741. The van der Waals surface area contributed by atoms with E-state index in [-0.39, 0.29) is 30.3 Å². The molecule has 3 rings (SSSR count). The van der Waals surface area contributed by atoms with E-state index in [4.69, 9.17) is 26.8 Å². The monoisotopic (exact) mass is 410 g/mol. The van der Waals surface area contributed by atoms with E-state index in [1.54, 1.807) is 30.2 Å². The molecular weight excluding hydrogens is 387 g/mol. The van der Waals surface area contributed by atoms with Crippen molar-refractivity contribution >= 4 is 29.9 Å². The summed E-state index contributed by atoms with van der Waals surface area (Å²) >= 11 is 6.11. The fourth-order valence-electron chi connectivity index (χ4n) is 3.25. The van der Waals surface area contributed by atoms with Crippen LogP contribution in [0, 0.1) is 0 Å². The number of ether oxygens (including phenoxy) is 2. The van der Waals surface area contributed by atoms with Crippen molar-refractivity contribution in [2.45, 2.75) is 12.0 Å². The molecule has 7 heteroatoms. The lowest BCUT2D eigenvalue weighted by Gasteiger charge is -2.19. The molecular formula is C20H24Cl2N2O3. The molecule has 2 aromatic rings. The Labute approximate surface area is 170 Å². The van der Waals surface area contributed by atoms with Crippen LogP contribution in [0.15, 0.2) is 48.5 Å². The molecule has 1 heterocycles. The van der Waals surface area contributed by atoms with Crippen LogP contribution in [0.4, 0.5) is 0 Å². The third-order valence-electron chi connectivity index (χ3n) is 4.60. The molecule has 1 fully saturated rings. The first-order valence-electron chi connectivity index (χ1n) is 8.61. The molecule has 2 aromatic carbocycles. The Morgan fingerprint density at radius 2 is 1.93 bits per heavy atom. The highest BCUT2D eigenvalue weighted by Gasteiger charge is 2.35. The van der Waals surface area contributed by atoms with Crippen molar-refractivity contribution in [3.05, 3.63) is 64.7 Å². The molecule has 0 unspecified atom stereocenters. The molecule has 0 aromatic heterocycles. The SMILES string of the molecule is COCCOc1ccc(Cl)cc1C(=O)N1C[C@@H](N)[C@H](c2ccccc2)C1.Cl. The maximum Gasteiger partial charge on any atom is 0.257 e. The number of hydrogen-bond acceptors (Lipinski definition) is 4. The van der Waals surface area contributed by atoms with Gasteiger partial charge in [0.05, 0.1) is 12.2 Å². The Morgan fingerprint density at radius 3 is 2.63 bits per heavy atom. The average Bonchev–Trinajstić information content (AvgIpc) is 3.05. The molecule has 146 valence electrons. The van der Waals surface area contributed by atoms with Crippen LogP contribution in [0.1, 0.15) is 21.8 Å². The topological polar surface area (TPSA) is 64.8 Å². The average molecular weight is 411 g/mol. The van der Waals surface area contributed by atoms with Gasteiger partial charge in [-0.2, -0.15) is 0 Å². The van der Waals surface area contributed by atoms with Crippen LogP contribution in [0.2, 0.25) is 5.02 Å². The summed E-state index contributed by atoms with van der Waals surface area (Å²) in [6.07, 6.45) is 0. The summed E-state index contributed by atoms with van der Waals surface area (Å²) in [5, 5.41) is 0.496. The fraction of sp³-hybridized carbons (Fsp3) is 0.350. The third kappa shape index (κ3) is 5.14. The van der Waals surface area contributed by atoms with Crippen LogP contribution in [0.5, 0.6) is 5.75 Å². The van der Waals surface area contributed by atoms with Crippen molar-refractivity contribution in [2.24, 2.45) is 5.73 Å². The van der Waals surface area contributed by atoms with Crippen LogP contribution in [-0.2, 0) is 4.74 Å². The van der Waals surface area contributed by atoms with E-state index in [2.05, 4.69) is 12.1 Å². The third-order valence-corrected chi connectivity index (χ3v) is 4.83. The van der Waals surface area contributed by atoms with Crippen molar-refractivity contribution in [1.82, 2.24) is 4.90 Å². The minimum atomic E-state index is -0.117. The van der Waals surface area contributed by atoms with E-state index in [0.29, 0.717) is 42.6 Å². The Balaban J connectivity index is 0.00000261. The summed E-state index contributed by atoms with van der Waals surface area (Å²) in [6, 6.07) is 15.0. The van der Waals surface area contributed by atoms with Gasteiger partial charge < -0.3 is 20.1 Å². The van der Waals surface area contributed by atoms with Gasteiger partial charge in [-0.1, -0.05) is 41.9 Å². The first-order chi connectivity index (χ1) is 12.6. The summed E-state index contributed by atoms with van der Waals surface area (Å²) in [4.78, 5) is 14.9. The lowest BCUT2D eigenvalue weighted by molar-refractivity contribution is 0.0782. The Bertz CT molecular complexity index is 758. The normalized spacial score (nSPS) is 18.9. The molecule has 1 amide bonds. The number of carbonyl (C=O) groups excluding carboxylic acids is 1. The molecule has 1 aliphatic rings. The van der Waals surface area contributed by atoms with E-state index in [1.165, 1.54) is 0 Å². The van der Waals surface area contributed by atoms with Crippen LogP contribution >= 0.6 is 24.0 Å². The number of carbonyl (C=O) groups is 1. The summed E-state index contributed by atoms with van der Waals surface area (Å²) < 4.78 is 10.7. The number of benzene rings is 2. The Morgan fingerprint density at radius 1 is 1.19 bits per heavy atom. The van der Waals surface area contributed by atoms with E-state index >= 15 is 0 Å². The van der Waals surface area contributed by atoms with Crippen molar-refractivity contribution in [1.29, 1.82) is 0 Å². The second-order valence-corrected chi connectivity index (χ2v) is 6.81. The number of nitrogens with zero attached hydrogens (tertiary/aromatic N) is 1. The highest BCUT2D eigenvalue weighted by molar-refractivity contribution is 6.31. The number of likely N-dealkylation sites (tertiary alicyclic amines) is 1. The molecule has 2 atom stereocenters. The minimum absolute atomic E-state index is 0. The molecule has 0 saturated carbocycles. The number of rotatable bonds is 6. The summed E-state index contributed by atoms with van der Waals surface area (Å²) in [6.45, 7) is 1.89. The first kappa shape index (κ1) is 21.5. The molecule has 0 spiro atoms. The maximum absolute atomic E-state index is 13.1.